The van der Waals surface area contributed by atoms with Gasteiger partial charge in [-0.15, -0.1) is 0 Å². The first-order valence-corrected chi connectivity index (χ1v) is 10.9. The molecule has 1 aromatic carbocycles. The zero-order chi connectivity index (χ0) is 18.6. The summed E-state index contributed by atoms with van der Waals surface area (Å²) in [7, 11) is 3.54. The van der Waals surface area contributed by atoms with E-state index in [1.54, 1.807) is 12.1 Å². The standard InChI is InChI=1S/C17H27N3O3S2/c1-18(2)12-15-13-24-11-5-10-20(15)17(21)14-6-8-16(9-7-14)25(22,23)19(3)4/h6-9,15H,5,10-13H2,1-4H3. The number of sulfonamides is 1. The van der Waals surface area contributed by atoms with Crippen molar-refractivity contribution < 1.29 is 13.2 Å². The Balaban J connectivity index is 2.23. The number of nitrogens with zero attached hydrogens (tertiary/aromatic N) is 3. The van der Waals surface area contributed by atoms with Crippen LogP contribution in [-0.2, 0) is 10.0 Å². The number of likely N-dealkylation sites (N-methyl/N-ethyl adjacent to an activating group) is 1. The van der Waals surface area contributed by atoms with Gasteiger partial charge in [0.2, 0.25) is 10.0 Å². The highest BCUT2D eigenvalue weighted by Gasteiger charge is 2.27. The molecule has 2 rings (SSSR count). The molecule has 0 aliphatic carbocycles. The minimum Gasteiger partial charge on any atom is -0.334 e. The van der Waals surface area contributed by atoms with Crippen LogP contribution in [0.2, 0.25) is 0 Å². The number of thioether (sulfide) groups is 1. The number of hydrogen-bond donors (Lipinski definition) is 0. The van der Waals surface area contributed by atoms with Crippen LogP contribution in [-0.4, -0.2) is 87.3 Å². The Morgan fingerprint density at radius 1 is 1.20 bits per heavy atom. The third kappa shape index (κ3) is 4.97. The van der Waals surface area contributed by atoms with Crippen molar-refractivity contribution in [1.82, 2.24) is 14.1 Å². The molecule has 140 valence electrons. The summed E-state index contributed by atoms with van der Waals surface area (Å²) in [6.45, 7) is 1.56. The predicted octanol–water partition coefficient (Wildman–Crippen LogP) is 1.45. The second kappa shape index (κ2) is 8.53. The molecule has 1 aromatic rings. The van der Waals surface area contributed by atoms with Crippen LogP contribution in [0.5, 0.6) is 0 Å². The molecular formula is C17H27N3O3S2. The zero-order valence-electron chi connectivity index (χ0n) is 15.3. The lowest BCUT2D eigenvalue weighted by molar-refractivity contribution is 0.0675. The smallest absolute Gasteiger partial charge is 0.254 e. The molecule has 0 bridgehead atoms. The van der Waals surface area contributed by atoms with Crippen LogP contribution in [0.25, 0.3) is 0 Å². The van der Waals surface area contributed by atoms with Gasteiger partial charge in [0.05, 0.1) is 10.9 Å². The van der Waals surface area contributed by atoms with Gasteiger partial charge in [0.1, 0.15) is 0 Å². The second-order valence-electron chi connectivity index (χ2n) is 6.65. The molecular weight excluding hydrogens is 358 g/mol. The van der Waals surface area contributed by atoms with Crippen molar-refractivity contribution in [1.29, 1.82) is 0 Å². The van der Waals surface area contributed by atoms with E-state index in [-0.39, 0.29) is 16.8 Å². The highest BCUT2D eigenvalue weighted by Crippen LogP contribution is 2.21. The quantitative estimate of drug-likeness (QED) is 0.768. The van der Waals surface area contributed by atoms with E-state index in [1.165, 1.54) is 30.5 Å². The molecule has 0 spiro atoms. The molecule has 0 N–H and O–H groups in total. The van der Waals surface area contributed by atoms with E-state index in [1.807, 2.05) is 30.8 Å². The molecule has 1 aliphatic heterocycles. The van der Waals surface area contributed by atoms with E-state index in [4.69, 9.17) is 0 Å². The van der Waals surface area contributed by atoms with Gasteiger partial charge in [-0.25, -0.2) is 12.7 Å². The molecule has 0 radical (unpaired) electrons. The van der Waals surface area contributed by atoms with E-state index in [0.29, 0.717) is 5.56 Å². The Morgan fingerprint density at radius 3 is 2.40 bits per heavy atom. The molecule has 1 saturated heterocycles. The Hall–Kier alpha value is -1.09. The summed E-state index contributed by atoms with van der Waals surface area (Å²) in [5.41, 5.74) is 0.536. The Kier molecular flexibility index (Phi) is 6.90. The van der Waals surface area contributed by atoms with Crippen molar-refractivity contribution in [2.75, 3.05) is 52.8 Å². The van der Waals surface area contributed by atoms with E-state index in [2.05, 4.69) is 4.90 Å². The first-order chi connectivity index (χ1) is 11.7. The van der Waals surface area contributed by atoms with Gasteiger partial charge in [0.25, 0.3) is 5.91 Å². The van der Waals surface area contributed by atoms with Gasteiger partial charge in [-0.1, -0.05) is 0 Å². The monoisotopic (exact) mass is 385 g/mol. The molecule has 0 aromatic heterocycles. The van der Waals surface area contributed by atoms with Gasteiger partial charge >= 0.3 is 0 Å². The zero-order valence-corrected chi connectivity index (χ0v) is 16.9. The van der Waals surface area contributed by atoms with Crippen LogP contribution < -0.4 is 0 Å². The summed E-state index contributed by atoms with van der Waals surface area (Å²) < 4.78 is 25.5. The van der Waals surface area contributed by atoms with Crippen LogP contribution in [0.15, 0.2) is 29.2 Å². The molecule has 8 heteroatoms. The SMILES string of the molecule is CN(C)CC1CSCCCN1C(=O)c1ccc(S(=O)(=O)N(C)C)cc1. The maximum atomic E-state index is 13.0. The van der Waals surface area contributed by atoms with Gasteiger partial charge < -0.3 is 9.80 Å². The lowest BCUT2D eigenvalue weighted by Crippen LogP contribution is -2.46. The molecule has 1 aliphatic rings. The molecule has 1 amide bonds. The predicted molar refractivity (Wildman–Crippen MR) is 103 cm³/mol. The lowest BCUT2D eigenvalue weighted by atomic mass is 10.1. The van der Waals surface area contributed by atoms with Crippen LogP contribution in [0, 0.1) is 0 Å². The van der Waals surface area contributed by atoms with Gasteiger partial charge in [0.15, 0.2) is 0 Å². The fourth-order valence-electron chi connectivity index (χ4n) is 2.82. The van der Waals surface area contributed by atoms with Gasteiger partial charge in [-0.3, -0.25) is 4.79 Å². The van der Waals surface area contributed by atoms with Crippen molar-refractivity contribution in [3.63, 3.8) is 0 Å². The lowest BCUT2D eigenvalue weighted by Gasteiger charge is -2.31. The molecule has 1 heterocycles. The van der Waals surface area contributed by atoms with E-state index in [0.717, 1.165) is 31.0 Å². The average Bonchev–Trinajstić information content (AvgIpc) is 2.79. The molecule has 1 fully saturated rings. The maximum Gasteiger partial charge on any atom is 0.254 e. The molecule has 6 nitrogen and oxygen atoms in total. The van der Waals surface area contributed by atoms with Crippen LogP contribution in [0.3, 0.4) is 0 Å². The Bertz CT molecular complexity index is 688. The fourth-order valence-corrected chi connectivity index (χ4v) is 4.77. The summed E-state index contributed by atoms with van der Waals surface area (Å²) in [5, 5.41) is 0. The third-order valence-electron chi connectivity index (χ3n) is 4.16. The Labute approximate surface area is 155 Å². The van der Waals surface area contributed by atoms with Gasteiger partial charge in [0, 0.05) is 38.5 Å². The largest absolute Gasteiger partial charge is 0.334 e. The minimum atomic E-state index is -3.48. The van der Waals surface area contributed by atoms with Crippen molar-refractivity contribution in [3.8, 4) is 0 Å². The van der Waals surface area contributed by atoms with Crippen molar-refractivity contribution in [3.05, 3.63) is 29.8 Å². The number of carbonyl (C=O) groups excluding carboxylic acids is 1. The van der Waals surface area contributed by atoms with E-state index in [9.17, 15) is 13.2 Å². The minimum absolute atomic E-state index is 0.0249. The highest BCUT2D eigenvalue weighted by atomic mass is 32.2. The van der Waals surface area contributed by atoms with E-state index < -0.39 is 10.0 Å². The first-order valence-electron chi connectivity index (χ1n) is 8.29. The summed E-state index contributed by atoms with van der Waals surface area (Å²) >= 11 is 1.89. The van der Waals surface area contributed by atoms with Crippen LogP contribution in [0.1, 0.15) is 16.8 Å². The van der Waals surface area contributed by atoms with Crippen molar-refractivity contribution in [2.24, 2.45) is 0 Å². The van der Waals surface area contributed by atoms with E-state index >= 15 is 0 Å². The number of rotatable bonds is 5. The normalized spacial score (nSPS) is 19.3. The average molecular weight is 386 g/mol. The number of amides is 1. The number of carbonyl (C=O) groups is 1. The molecule has 1 atom stereocenters. The van der Waals surface area contributed by atoms with Gasteiger partial charge in [-0.05, 0) is 50.5 Å². The summed E-state index contributed by atoms with van der Waals surface area (Å²) in [6, 6.07) is 6.42. The van der Waals surface area contributed by atoms with Crippen molar-refractivity contribution >= 4 is 27.7 Å². The molecule has 25 heavy (non-hydrogen) atoms. The summed E-state index contributed by atoms with van der Waals surface area (Å²) in [5.74, 6) is 1.97. The molecule has 0 saturated carbocycles. The summed E-state index contributed by atoms with van der Waals surface area (Å²) in [4.78, 5) is 17.2. The van der Waals surface area contributed by atoms with Crippen molar-refractivity contribution in [2.45, 2.75) is 17.4 Å². The topological polar surface area (TPSA) is 60.9 Å². The van der Waals surface area contributed by atoms with Crippen LogP contribution in [0.4, 0.5) is 0 Å². The summed E-state index contributed by atoms with van der Waals surface area (Å²) in [6.07, 6.45) is 0.980. The second-order valence-corrected chi connectivity index (χ2v) is 9.96. The Morgan fingerprint density at radius 2 is 1.84 bits per heavy atom. The highest BCUT2D eigenvalue weighted by molar-refractivity contribution is 7.99. The third-order valence-corrected chi connectivity index (χ3v) is 7.18. The first kappa shape index (κ1) is 20.2. The number of benzene rings is 1. The molecule has 1 unspecified atom stereocenters. The van der Waals surface area contributed by atoms with Crippen LogP contribution >= 0.6 is 11.8 Å². The maximum absolute atomic E-state index is 13.0. The number of hydrogen-bond acceptors (Lipinski definition) is 5. The van der Waals surface area contributed by atoms with Gasteiger partial charge in [-0.2, -0.15) is 11.8 Å². The fraction of sp³-hybridized carbons (Fsp3) is 0.588.